The average Bonchev–Trinajstić information content (AvgIpc) is 3.14. The Kier molecular flexibility index (Phi) is 3.45. The molecule has 106 valence electrons. The van der Waals surface area contributed by atoms with Gasteiger partial charge in [0.15, 0.2) is 0 Å². The Morgan fingerprint density at radius 3 is 2.71 bits per heavy atom. The van der Waals surface area contributed by atoms with Crippen molar-refractivity contribution in [3.63, 3.8) is 0 Å². The molecular formula is C18H18N2S. The summed E-state index contributed by atoms with van der Waals surface area (Å²) < 4.78 is 1.29. The molecule has 0 amide bonds. The first kappa shape index (κ1) is 13.0. The number of likely N-dealkylation sites (tertiary alicyclic amines) is 1. The summed E-state index contributed by atoms with van der Waals surface area (Å²) in [7, 11) is 0. The zero-order chi connectivity index (χ0) is 14.1. The van der Waals surface area contributed by atoms with Crippen LogP contribution in [0.1, 0.15) is 29.5 Å². The SMILES string of the molecule is c1ccc([C@H]2CCCN2Cc2nc3ccccc3s2)cc1. The topological polar surface area (TPSA) is 16.1 Å². The van der Waals surface area contributed by atoms with E-state index in [1.165, 1.54) is 34.7 Å². The highest BCUT2D eigenvalue weighted by molar-refractivity contribution is 7.18. The number of rotatable bonds is 3. The number of benzene rings is 2. The van der Waals surface area contributed by atoms with Crippen LogP contribution in [0.3, 0.4) is 0 Å². The molecule has 3 aromatic rings. The molecule has 1 aliphatic rings. The summed E-state index contributed by atoms with van der Waals surface area (Å²) in [6.07, 6.45) is 2.54. The molecule has 2 aromatic carbocycles. The molecule has 2 heterocycles. The molecule has 3 heteroatoms. The fraction of sp³-hybridized carbons (Fsp3) is 0.278. The zero-order valence-corrected chi connectivity index (χ0v) is 12.7. The van der Waals surface area contributed by atoms with Gasteiger partial charge in [-0.3, -0.25) is 4.90 Å². The van der Waals surface area contributed by atoms with E-state index in [1.807, 2.05) is 11.3 Å². The van der Waals surface area contributed by atoms with Gasteiger partial charge in [0.2, 0.25) is 0 Å². The van der Waals surface area contributed by atoms with Crippen molar-refractivity contribution >= 4 is 21.6 Å². The van der Waals surface area contributed by atoms with Crippen molar-refractivity contribution in [2.24, 2.45) is 0 Å². The zero-order valence-electron chi connectivity index (χ0n) is 11.9. The Bertz CT molecular complexity index is 702. The van der Waals surface area contributed by atoms with Gasteiger partial charge in [0, 0.05) is 6.04 Å². The number of fused-ring (bicyclic) bond motifs is 1. The second kappa shape index (κ2) is 5.58. The van der Waals surface area contributed by atoms with Crippen LogP contribution in [0.25, 0.3) is 10.2 Å². The number of nitrogens with zero attached hydrogens (tertiary/aromatic N) is 2. The van der Waals surface area contributed by atoms with E-state index in [-0.39, 0.29) is 0 Å². The maximum atomic E-state index is 4.78. The van der Waals surface area contributed by atoms with Crippen LogP contribution in [0.5, 0.6) is 0 Å². The van der Waals surface area contributed by atoms with Crippen molar-refractivity contribution in [1.29, 1.82) is 0 Å². The minimum atomic E-state index is 0.554. The van der Waals surface area contributed by atoms with Gasteiger partial charge in [-0.2, -0.15) is 0 Å². The molecule has 1 saturated heterocycles. The lowest BCUT2D eigenvalue weighted by atomic mass is 10.0. The van der Waals surface area contributed by atoms with E-state index in [9.17, 15) is 0 Å². The van der Waals surface area contributed by atoms with E-state index in [2.05, 4.69) is 59.5 Å². The third kappa shape index (κ3) is 2.59. The molecule has 0 N–H and O–H groups in total. The molecule has 0 spiro atoms. The number of hydrogen-bond acceptors (Lipinski definition) is 3. The predicted octanol–water partition coefficient (Wildman–Crippen LogP) is 4.63. The molecule has 21 heavy (non-hydrogen) atoms. The van der Waals surface area contributed by atoms with Gasteiger partial charge >= 0.3 is 0 Å². The molecule has 0 bridgehead atoms. The van der Waals surface area contributed by atoms with E-state index in [4.69, 9.17) is 4.98 Å². The molecule has 4 rings (SSSR count). The summed E-state index contributed by atoms with van der Waals surface area (Å²) in [6, 6.07) is 19.9. The normalized spacial score (nSPS) is 19.3. The Balaban J connectivity index is 1.58. The molecule has 0 unspecified atom stereocenters. The molecule has 0 radical (unpaired) electrons. The highest BCUT2D eigenvalue weighted by Gasteiger charge is 2.26. The highest BCUT2D eigenvalue weighted by Crippen LogP contribution is 2.34. The number of hydrogen-bond donors (Lipinski definition) is 0. The van der Waals surface area contributed by atoms with Crippen molar-refractivity contribution in [2.45, 2.75) is 25.4 Å². The van der Waals surface area contributed by atoms with Crippen LogP contribution < -0.4 is 0 Å². The van der Waals surface area contributed by atoms with Crippen LogP contribution in [0.4, 0.5) is 0 Å². The first-order valence-corrected chi connectivity index (χ1v) is 8.35. The fourth-order valence-corrected chi connectivity index (χ4v) is 4.22. The largest absolute Gasteiger partial charge is 0.290 e. The molecule has 1 atom stereocenters. The van der Waals surface area contributed by atoms with Crippen LogP contribution in [-0.2, 0) is 6.54 Å². The predicted molar refractivity (Wildman–Crippen MR) is 88.4 cm³/mol. The van der Waals surface area contributed by atoms with Gasteiger partial charge in [-0.05, 0) is 37.1 Å². The number of aromatic nitrogens is 1. The fourth-order valence-electron chi connectivity index (χ4n) is 3.23. The Morgan fingerprint density at radius 1 is 1.05 bits per heavy atom. The molecule has 1 fully saturated rings. The number of thiazole rings is 1. The van der Waals surface area contributed by atoms with Gasteiger partial charge in [-0.1, -0.05) is 42.5 Å². The summed E-state index contributed by atoms with van der Waals surface area (Å²) in [4.78, 5) is 7.36. The lowest BCUT2D eigenvalue weighted by Gasteiger charge is -2.23. The summed E-state index contributed by atoms with van der Waals surface area (Å²) in [5, 5.41) is 1.24. The molecule has 0 aliphatic carbocycles. The maximum absolute atomic E-state index is 4.78. The quantitative estimate of drug-likeness (QED) is 0.700. The Hall–Kier alpha value is -1.71. The van der Waals surface area contributed by atoms with Gasteiger partial charge in [-0.15, -0.1) is 11.3 Å². The molecular weight excluding hydrogens is 276 g/mol. The van der Waals surface area contributed by atoms with Crippen molar-refractivity contribution in [3.05, 3.63) is 65.2 Å². The van der Waals surface area contributed by atoms with Crippen molar-refractivity contribution in [3.8, 4) is 0 Å². The maximum Gasteiger partial charge on any atom is 0.108 e. The van der Waals surface area contributed by atoms with Crippen LogP contribution in [0.2, 0.25) is 0 Å². The van der Waals surface area contributed by atoms with Gasteiger partial charge in [0.05, 0.1) is 16.8 Å². The van der Waals surface area contributed by atoms with Crippen LogP contribution in [0, 0.1) is 0 Å². The third-order valence-electron chi connectivity index (χ3n) is 4.22. The molecule has 1 aliphatic heterocycles. The van der Waals surface area contributed by atoms with E-state index in [1.54, 1.807) is 0 Å². The van der Waals surface area contributed by atoms with Crippen molar-refractivity contribution in [1.82, 2.24) is 9.88 Å². The monoisotopic (exact) mass is 294 g/mol. The third-order valence-corrected chi connectivity index (χ3v) is 5.25. The highest BCUT2D eigenvalue weighted by atomic mass is 32.1. The van der Waals surface area contributed by atoms with Crippen molar-refractivity contribution in [2.75, 3.05) is 6.54 Å². The summed E-state index contributed by atoms with van der Waals surface area (Å²) >= 11 is 1.83. The molecule has 1 aromatic heterocycles. The first-order valence-electron chi connectivity index (χ1n) is 7.53. The lowest BCUT2D eigenvalue weighted by molar-refractivity contribution is 0.248. The summed E-state index contributed by atoms with van der Waals surface area (Å²) in [5.74, 6) is 0. The van der Waals surface area contributed by atoms with Crippen molar-refractivity contribution < 1.29 is 0 Å². The van der Waals surface area contributed by atoms with Gasteiger partial charge < -0.3 is 0 Å². The van der Waals surface area contributed by atoms with E-state index < -0.39 is 0 Å². The van der Waals surface area contributed by atoms with E-state index in [0.717, 1.165) is 12.1 Å². The number of para-hydroxylation sites is 1. The van der Waals surface area contributed by atoms with Crippen LogP contribution >= 0.6 is 11.3 Å². The summed E-state index contributed by atoms with van der Waals surface area (Å²) in [6.45, 7) is 2.15. The van der Waals surface area contributed by atoms with Gasteiger partial charge in [0.1, 0.15) is 5.01 Å². The van der Waals surface area contributed by atoms with E-state index in [0.29, 0.717) is 6.04 Å². The molecule has 0 saturated carbocycles. The van der Waals surface area contributed by atoms with Crippen LogP contribution in [0.15, 0.2) is 54.6 Å². The van der Waals surface area contributed by atoms with Gasteiger partial charge in [-0.25, -0.2) is 4.98 Å². The first-order chi connectivity index (χ1) is 10.4. The molecule has 2 nitrogen and oxygen atoms in total. The van der Waals surface area contributed by atoms with Crippen LogP contribution in [-0.4, -0.2) is 16.4 Å². The minimum Gasteiger partial charge on any atom is -0.290 e. The minimum absolute atomic E-state index is 0.554. The average molecular weight is 294 g/mol. The van der Waals surface area contributed by atoms with E-state index >= 15 is 0 Å². The Morgan fingerprint density at radius 2 is 1.86 bits per heavy atom. The Labute approximate surface area is 129 Å². The second-order valence-electron chi connectivity index (χ2n) is 5.61. The standard InChI is InChI=1S/C18H18N2S/c1-2-7-14(8-3-1)16-10-6-12-20(16)13-18-19-15-9-4-5-11-17(15)21-18/h1-5,7-9,11,16H,6,10,12-13H2/t16-/m1/s1. The smallest absolute Gasteiger partial charge is 0.108 e. The summed E-state index contributed by atoms with van der Waals surface area (Å²) in [5.41, 5.74) is 2.57. The lowest BCUT2D eigenvalue weighted by Crippen LogP contribution is -2.22. The van der Waals surface area contributed by atoms with Gasteiger partial charge in [0.25, 0.3) is 0 Å². The second-order valence-corrected chi connectivity index (χ2v) is 6.73.